The number of aryl methyl sites for hydroxylation is 1. The van der Waals surface area contributed by atoms with E-state index in [1.165, 1.54) is 11.1 Å². The molecule has 0 aliphatic heterocycles. The maximum Gasteiger partial charge on any atom is 0.117 e. The van der Waals surface area contributed by atoms with E-state index < -0.39 is 0 Å². The third-order valence-corrected chi connectivity index (χ3v) is 3.66. The summed E-state index contributed by atoms with van der Waals surface area (Å²) in [5.74, 6) is 1.18. The van der Waals surface area contributed by atoms with Crippen LogP contribution in [0.5, 0.6) is 0 Å². The summed E-state index contributed by atoms with van der Waals surface area (Å²) < 4.78 is 5.44. The van der Waals surface area contributed by atoms with Crippen molar-refractivity contribution >= 4 is 0 Å². The summed E-state index contributed by atoms with van der Waals surface area (Å²) in [4.78, 5) is 2.23. The molecule has 0 radical (unpaired) electrons. The lowest BCUT2D eigenvalue weighted by atomic mass is 10.1. The average Bonchev–Trinajstić information content (AvgIpc) is 2.91. The molecule has 1 aromatic heterocycles. The number of aliphatic hydroxyl groups excluding tert-OH is 1. The molecule has 3 nitrogen and oxygen atoms in total. The smallest absolute Gasteiger partial charge is 0.117 e. The third kappa shape index (κ3) is 5.03. The quantitative estimate of drug-likeness (QED) is 0.845. The van der Waals surface area contributed by atoms with Gasteiger partial charge < -0.3 is 9.52 Å². The Balaban J connectivity index is 2.07. The van der Waals surface area contributed by atoms with E-state index >= 15 is 0 Å². The molecule has 0 aliphatic carbocycles. The average molecular weight is 287 g/mol. The molecular formula is C18H25NO2. The summed E-state index contributed by atoms with van der Waals surface area (Å²) in [6.07, 6.45) is 1.36. The van der Waals surface area contributed by atoms with Gasteiger partial charge in [-0.25, -0.2) is 0 Å². The van der Waals surface area contributed by atoms with E-state index in [9.17, 15) is 5.11 Å². The first-order chi connectivity index (χ1) is 10.0. The Morgan fingerprint density at radius 2 is 1.95 bits per heavy atom. The summed E-state index contributed by atoms with van der Waals surface area (Å²) in [5, 5.41) is 10.2. The van der Waals surface area contributed by atoms with Crippen LogP contribution in [0.15, 0.2) is 47.1 Å². The molecule has 1 N–H and O–H groups in total. The van der Waals surface area contributed by atoms with Crippen molar-refractivity contribution in [2.24, 2.45) is 5.92 Å². The normalized spacial score (nSPS) is 13.0. The predicted octanol–water partition coefficient (Wildman–Crippen LogP) is 3.61. The van der Waals surface area contributed by atoms with Crippen LogP contribution in [0.2, 0.25) is 0 Å². The Bertz CT molecular complexity index is 534. The molecule has 1 heterocycles. The summed E-state index contributed by atoms with van der Waals surface area (Å²) in [5.41, 5.74) is 2.52. The second-order valence-electron chi connectivity index (χ2n) is 6.05. The number of furan rings is 1. The van der Waals surface area contributed by atoms with Crippen LogP contribution in [0.25, 0.3) is 0 Å². The Morgan fingerprint density at radius 1 is 1.14 bits per heavy atom. The Kier molecular flexibility index (Phi) is 5.59. The van der Waals surface area contributed by atoms with E-state index in [2.05, 4.69) is 36.1 Å². The van der Waals surface area contributed by atoms with Gasteiger partial charge in [0.25, 0.3) is 0 Å². The minimum atomic E-state index is -0.329. The van der Waals surface area contributed by atoms with Crippen molar-refractivity contribution in [2.45, 2.75) is 40.0 Å². The first-order valence-electron chi connectivity index (χ1n) is 7.53. The van der Waals surface area contributed by atoms with Crippen molar-refractivity contribution < 1.29 is 9.52 Å². The van der Waals surface area contributed by atoms with Crippen LogP contribution in [0, 0.1) is 12.8 Å². The minimum Gasteiger partial charge on any atom is -0.468 e. The first-order valence-corrected chi connectivity index (χ1v) is 7.53. The lowest BCUT2D eigenvalue weighted by molar-refractivity contribution is 0.0671. The molecule has 1 aromatic carbocycles. The SMILES string of the molecule is Cc1cccc(CN(Cc2ccco2)C[C@H](O)C(C)C)c1. The molecule has 0 spiro atoms. The molecule has 1 atom stereocenters. The van der Waals surface area contributed by atoms with E-state index in [4.69, 9.17) is 4.42 Å². The molecule has 21 heavy (non-hydrogen) atoms. The van der Waals surface area contributed by atoms with E-state index in [0.29, 0.717) is 13.1 Å². The van der Waals surface area contributed by atoms with Crippen molar-refractivity contribution in [3.63, 3.8) is 0 Å². The molecule has 114 valence electrons. The second-order valence-corrected chi connectivity index (χ2v) is 6.05. The van der Waals surface area contributed by atoms with Crippen LogP contribution in [0.4, 0.5) is 0 Å². The van der Waals surface area contributed by atoms with Crippen molar-refractivity contribution in [1.29, 1.82) is 0 Å². The Hall–Kier alpha value is -1.58. The molecule has 0 fully saturated rings. The lowest BCUT2D eigenvalue weighted by Crippen LogP contribution is -2.34. The van der Waals surface area contributed by atoms with Crippen LogP contribution in [0.1, 0.15) is 30.7 Å². The second kappa shape index (κ2) is 7.43. The number of aliphatic hydroxyl groups is 1. The highest BCUT2D eigenvalue weighted by molar-refractivity contribution is 5.22. The van der Waals surface area contributed by atoms with Gasteiger partial charge >= 0.3 is 0 Å². The van der Waals surface area contributed by atoms with Gasteiger partial charge in [-0.1, -0.05) is 43.7 Å². The third-order valence-electron chi connectivity index (χ3n) is 3.66. The molecule has 0 unspecified atom stereocenters. The van der Waals surface area contributed by atoms with Crippen LogP contribution < -0.4 is 0 Å². The Morgan fingerprint density at radius 3 is 2.57 bits per heavy atom. The fourth-order valence-electron chi connectivity index (χ4n) is 2.35. The van der Waals surface area contributed by atoms with Crippen molar-refractivity contribution in [1.82, 2.24) is 4.90 Å². The maximum atomic E-state index is 10.2. The zero-order chi connectivity index (χ0) is 15.2. The van der Waals surface area contributed by atoms with Crippen LogP contribution in [-0.4, -0.2) is 22.7 Å². The zero-order valence-corrected chi connectivity index (χ0v) is 13.1. The van der Waals surface area contributed by atoms with Crippen molar-refractivity contribution in [2.75, 3.05) is 6.54 Å². The molecule has 0 bridgehead atoms. The maximum absolute atomic E-state index is 10.2. The molecule has 0 saturated carbocycles. The van der Waals surface area contributed by atoms with Gasteiger partial charge in [0.2, 0.25) is 0 Å². The van der Waals surface area contributed by atoms with E-state index in [-0.39, 0.29) is 12.0 Å². The van der Waals surface area contributed by atoms with Crippen LogP contribution in [0.3, 0.4) is 0 Å². The minimum absolute atomic E-state index is 0.251. The van der Waals surface area contributed by atoms with Crippen LogP contribution >= 0.6 is 0 Å². The van der Waals surface area contributed by atoms with Gasteiger partial charge in [-0.2, -0.15) is 0 Å². The largest absolute Gasteiger partial charge is 0.468 e. The van der Waals surface area contributed by atoms with Gasteiger partial charge in [0.15, 0.2) is 0 Å². The molecular weight excluding hydrogens is 262 g/mol. The monoisotopic (exact) mass is 287 g/mol. The first kappa shape index (κ1) is 15.8. The molecule has 2 aromatic rings. The Labute approximate surface area is 127 Å². The van der Waals surface area contributed by atoms with Gasteiger partial charge in [-0.05, 0) is 30.5 Å². The van der Waals surface area contributed by atoms with Gasteiger partial charge in [0.05, 0.1) is 18.9 Å². The topological polar surface area (TPSA) is 36.6 Å². The molecule has 3 heteroatoms. The van der Waals surface area contributed by atoms with Crippen LogP contribution in [-0.2, 0) is 13.1 Å². The highest BCUT2D eigenvalue weighted by atomic mass is 16.3. The highest BCUT2D eigenvalue weighted by Gasteiger charge is 2.16. The number of hydrogen-bond donors (Lipinski definition) is 1. The summed E-state index contributed by atoms with van der Waals surface area (Å²) in [7, 11) is 0. The van der Waals surface area contributed by atoms with E-state index in [1.807, 2.05) is 26.0 Å². The molecule has 0 saturated heterocycles. The number of benzene rings is 1. The lowest BCUT2D eigenvalue weighted by Gasteiger charge is -2.26. The summed E-state index contributed by atoms with van der Waals surface area (Å²) in [6, 6.07) is 12.4. The van der Waals surface area contributed by atoms with Crippen molar-refractivity contribution in [3.05, 3.63) is 59.5 Å². The summed E-state index contributed by atoms with van der Waals surface area (Å²) in [6.45, 7) is 8.36. The molecule has 2 rings (SSSR count). The molecule has 0 aliphatic rings. The standard InChI is InChI=1S/C18H25NO2/c1-14(2)18(20)13-19(12-17-8-5-9-21-17)11-16-7-4-6-15(3)10-16/h4-10,14,18,20H,11-13H2,1-3H3/t18-/m0/s1. The van der Waals surface area contributed by atoms with E-state index in [1.54, 1.807) is 6.26 Å². The fraction of sp³-hybridized carbons (Fsp3) is 0.444. The van der Waals surface area contributed by atoms with Crippen molar-refractivity contribution in [3.8, 4) is 0 Å². The van der Waals surface area contributed by atoms with E-state index in [0.717, 1.165) is 12.3 Å². The zero-order valence-electron chi connectivity index (χ0n) is 13.1. The number of hydrogen-bond acceptors (Lipinski definition) is 3. The highest BCUT2D eigenvalue weighted by Crippen LogP contribution is 2.14. The summed E-state index contributed by atoms with van der Waals surface area (Å²) >= 11 is 0. The van der Waals surface area contributed by atoms with Gasteiger partial charge in [-0.15, -0.1) is 0 Å². The van der Waals surface area contributed by atoms with Gasteiger partial charge in [-0.3, -0.25) is 4.90 Å². The fourth-order valence-corrected chi connectivity index (χ4v) is 2.35. The van der Waals surface area contributed by atoms with Gasteiger partial charge in [0, 0.05) is 13.1 Å². The van der Waals surface area contributed by atoms with Gasteiger partial charge in [0.1, 0.15) is 5.76 Å². The molecule has 0 amide bonds. The number of rotatable bonds is 7. The number of nitrogens with zero attached hydrogens (tertiary/aromatic N) is 1. The predicted molar refractivity (Wildman–Crippen MR) is 84.8 cm³/mol.